The molecule has 33 heavy (non-hydrogen) atoms. The Hall–Kier alpha value is -3.61. The van der Waals surface area contributed by atoms with Gasteiger partial charge >= 0.3 is 0 Å². The van der Waals surface area contributed by atoms with Gasteiger partial charge in [-0.05, 0) is 43.7 Å². The molecule has 0 radical (unpaired) electrons. The molecule has 0 aliphatic heterocycles. The molecule has 7 heteroatoms. The Labute approximate surface area is 195 Å². The Morgan fingerprint density at radius 3 is 2.45 bits per heavy atom. The molecule has 0 saturated carbocycles. The molecule has 0 aliphatic carbocycles. The summed E-state index contributed by atoms with van der Waals surface area (Å²) in [5, 5.41) is 7.71. The number of benzene rings is 2. The molecule has 2 aromatic carbocycles. The SMILES string of the molecule is CCN(CC(=O)Nc1cc(C(C)(C)C)nn1-c1cccc(C)c1)C(=O)c1ccccc1OC. The highest BCUT2D eigenvalue weighted by Gasteiger charge is 2.24. The third-order valence-electron chi connectivity index (χ3n) is 5.33. The van der Waals surface area contributed by atoms with Crippen molar-refractivity contribution in [1.82, 2.24) is 14.7 Å². The lowest BCUT2D eigenvalue weighted by atomic mass is 9.92. The minimum atomic E-state index is -0.297. The van der Waals surface area contributed by atoms with Crippen molar-refractivity contribution < 1.29 is 14.3 Å². The number of amides is 2. The summed E-state index contributed by atoms with van der Waals surface area (Å²) in [6.45, 7) is 10.4. The third kappa shape index (κ3) is 5.61. The number of likely N-dealkylation sites (N-methyl/N-ethyl adjacent to an activating group) is 1. The smallest absolute Gasteiger partial charge is 0.258 e. The van der Waals surface area contributed by atoms with Crippen LogP contribution in [-0.2, 0) is 10.2 Å². The van der Waals surface area contributed by atoms with Gasteiger partial charge in [0.2, 0.25) is 5.91 Å². The summed E-state index contributed by atoms with van der Waals surface area (Å²) < 4.78 is 7.05. The number of nitrogens with one attached hydrogen (secondary N) is 1. The van der Waals surface area contributed by atoms with E-state index >= 15 is 0 Å². The average Bonchev–Trinajstić information content (AvgIpc) is 3.21. The van der Waals surface area contributed by atoms with E-state index in [9.17, 15) is 9.59 Å². The number of para-hydroxylation sites is 1. The lowest BCUT2D eigenvalue weighted by molar-refractivity contribution is -0.116. The number of hydrogen-bond acceptors (Lipinski definition) is 4. The predicted octanol–water partition coefficient (Wildman–Crippen LogP) is 4.59. The topological polar surface area (TPSA) is 76.5 Å². The molecule has 0 unspecified atom stereocenters. The maximum Gasteiger partial charge on any atom is 0.258 e. The molecule has 1 aromatic heterocycles. The lowest BCUT2D eigenvalue weighted by Crippen LogP contribution is -2.38. The average molecular weight is 449 g/mol. The molecule has 7 nitrogen and oxygen atoms in total. The van der Waals surface area contributed by atoms with E-state index in [-0.39, 0.29) is 23.8 Å². The highest BCUT2D eigenvalue weighted by atomic mass is 16.5. The Kier molecular flexibility index (Phi) is 7.21. The number of aromatic nitrogens is 2. The van der Waals surface area contributed by atoms with Crippen molar-refractivity contribution in [2.75, 3.05) is 25.5 Å². The maximum absolute atomic E-state index is 13.1. The fourth-order valence-corrected chi connectivity index (χ4v) is 3.47. The second-order valence-electron chi connectivity index (χ2n) is 8.98. The van der Waals surface area contributed by atoms with Crippen LogP contribution in [0.1, 0.15) is 49.3 Å². The lowest BCUT2D eigenvalue weighted by Gasteiger charge is -2.21. The Morgan fingerprint density at radius 1 is 1.09 bits per heavy atom. The molecule has 1 heterocycles. The van der Waals surface area contributed by atoms with Crippen molar-refractivity contribution in [3.8, 4) is 11.4 Å². The zero-order valence-corrected chi connectivity index (χ0v) is 20.2. The Morgan fingerprint density at radius 2 is 1.82 bits per heavy atom. The predicted molar refractivity (Wildman–Crippen MR) is 130 cm³/mol. The summed E-state index contributed by atoms with van der Waals surface area (Å²) in [6.07, 6.45) is 0. The molecule has 0 bridgehead atoms. The number of carbonyl (C=O) groups excluding carboxylic acids is 2. The first-order valence-electron chi connectivity index (χ1n) is 11.0. The number of anilines is 1. The first kappa shape index (κ1) is 24.0. The van der Waals surface area contributed by atoms with Crippen LogP contribution in [0, 0.1) is 6.92 Å². The van der Waals surface area contributed by atoms with Crippen LogP contribution in [0.3, 0.4) is 0 Å². The van der Waals surface area contributed by atoms with E-state index in [0.717, 1.165) is 16.9 Å². The quantitative estimate of drug-likeness (QED) is 0.574. The van der Waals surface area contributed by atoms with Gasteiger partial charge in [-0.1, -0.05) is 45.0 Å². The van der Waals surface area contributed by atoms with Gasteiger partial charge in [0.25, 0.3) is 5.91 Å². The van der Waals surface area contributed by atoms with E-state index in [4.69, 9.17) is 9.84 Å². The van der Waals surface area contributed by atoms with Crippen molar-refractivity contribution in [3.63, 3.8) is 0 Å². The summed E-state index contributed by atoms with van der Waals surface area (Å²) >= 11 is 0. The van der Waals surface area contributed by atoms with Gasteiger partial charge in [-0.2, -0.15) is 5.10 Å². The normalized spacial score (nSPS) is 11.2. The minimum absolute atomic E-state index is 0.0861. The van der Waals surface area contributed by atoms with Gasteiger partial charge in [-0.3, -0.25) is 9.59 Å². The zero-order chi connectivity index (χ0) is 24.2. The number of nitrogens with zero attached hydrogens (tertiary/aromatic N) is 3. The van der Waals surface area contributed by atoms with Crippen molar-refractivity contribution in [2.24, 2.45) is 0 Å². The van der Waals surface area contributed by atoms with E-state index in [1.807, 2.05) is 44.2 Å². The molecule has 0 fully saturated rings. The minimum Gasteiger partial charge on any atom is -0.496 e. The molecule has 0 saturated heterocycles. The van der Waals surface area contributed by atoms with E-state index in [2.05, 4.69) is 26.1 Å². The number of carbonyl (C=O) groups is 2. The Balaban J connectivity index is 1.85. The molecule has 1 N–H and O–H groups in total. The van der Waals surface area contributed by atoms with Gasteiger partial charge in [0.15, 0.2) is 0 Å². The molecule has 3 rings (SSSR count). The molecular weight excluding hydrogens is 416 g/mol. The summed E-state index contributed by atoms with van der Waals surface area (Å²) in [4.78, 5) is 27.5. The summed E-state index contributed by atoms with van der Waals surface area (Å²) in [5.41, 5.74) is 3.05. The number of hydrogen-bond donors (Lipinski definition) is 1. The highest BCUT2D eigenvalue weighted by Crippen LogP contribution is 2.27. The number of ether oxygens (including phenoxy) is 1. The first-order chi connectivity index (χ1) is 15.6. The van der Waals surface area contributed by atoms with Crippen molar-refractivity contribution >= 4 is 17.6 Å². The highest BCUT2D eigenvalue weighted by molar-refractivity contribution is 6.00. The summed E-state index contributed by atoms with van der Waals surface area (Å²) in [6, 6.07) is 16.8. The van der Waals surface area contributed by atoms with Crippen molar-refractivity contribution in [2.45, 2.75) is 40.0 Å². The summed E-state index contributed by atoms with van der Waals surface area (Å²) in [7, 11) is 1.52. The first-order valence-corrected chi connectivity index (χ1v) is 11.0. The fraction of sp³-hybridized carbons (Fsp3) is 0.346. The monoisotopic (exact) mass is 448 g/mol. The van der Waals surface area contributed by atoms with Gasteiger partial charge in [0, 0.05) is 18.0 Å². The Bertz CT molecular complexity index is 1140. The standard InChI is InChI=1S/C26H32N4O3/c1-7-29(25(32)20-13-8-9-14-21(20)33-6)17-24(31)27-23-16-22(26(3,4)5)28-30(23)19-12-10-11-18(2)15-19/h8-16H,7,17H2,1-6H3,(H,27,31). The van der Waals surface area contributed by atoms with Gasteiger partial charge in [0.1, 0.15) is 18.1 Å². The van der Waals surface area contributed by atoms with Crippen molar-refractivity contribution in [3.05, 3.63) is 71.4 Å². The van der Waals surface area contributed by atoms with E-state index in [1.165, 1.54) is 12.0 Å². The number of aryl methyl sites for hydroxylation is 1. The van der Waals surface area contributed by atoms with Gasteiger partial charge in [0.05, 0.1) is 24.1 Å². The van der Waals surface area contributed by atoms with E-state index in [0.29, 0.717) is 23.7 Å². The van der Waals surface area contributed by atoms with Gasteiger partial charge in [-0.25, -0.2) is 4.68 Å². The van der Waals surface area contributed by atoms with Gasteiger partial charge in [-0.15, -0.1) is 0 Å². The van der Waals surface area contributed by atoms with E-state index < -0.39 is 0 Å². The zero-order valence-electron chi connectivity index (χ0n) is 20.2. The van der Waals surface area contributed by atoms with Crippen LogP contribution >= 0.6 is 0 Å². The van der Waals surface area contributed by atoms with Crippen LogP contribution in [0.5, 0.6) is 5.75 Å². The molecule has 0 spiro atoms. The molecule has 174 valence electrons. The molecule has 2 amide bonds. The van der Waals surface area contributed by atoms with Crippen LogP contribution in [0.25, 0.3) is 5.69 Å². The van der Waals surface area contributed by atoms with Crippen molar-refractivity contribution in [1.29, 1.82) is 0 Å². The van der Waals surface area contributed by atoms with Gasteiger partial charge < -0.3 is 15.0 Å². The van der Waals surface area contributed by atoms with E-state index in [1.54, 1.807) is 28.9 Å². The largest absolute Gasteiger partial charge is 0.496 e. The maximum atomic E-state index is 13.1. The fourth-order valence-electron chi connectivity index (χ4n) is 3.47. The molecule has 0 atom stereocenters. The third-order valence-corrected chi connectivity index (χ3v) is 5.33. The van der Waals surface area contributed by atoms with Crippen LogP contribution in [-0.4, -0.2) is 46.7 Å². The second kappa shape index (κ2) is 9.90. The molecule has 3 aromatic rings. The number of rotatable bonds is 7. The van der Waals surface area contributed by atoms with Crippen LogP contribution in [0.4, 0.5) is 5.82 Å². The van der Waals surface area contributed by atoms with Crippen LogP contribution in [0.2, 0.25) is 0 Å². The number of methoxy groups -OCH3 is 1. The van der Waals surface area contributed by atoms with Crippen LogP contribution in [0.15, 0.2) is 54.6 Å². The molecule has 0 aliphatic rings. The summed E-state index contributed by atoms with van der Waals surface area (Å²) in [5.74, 6) is 0.493. The van der Waals surface area contributed by atoms with Crippen LogP contribution < -0.4 is 10.1 Å². The molecular formula is C26H32N4O3. The second-order valence-corrected chi connectivity index (χ2v) is 8.98.